The average Bonchev–Trinajstić information content (AvgIpc) is 2.93. The van der Waals surface area contributed by atoms with Gasteiger partial charge in [-0.05, 0) is 79.4 Å². The van der Waals surface area contributed by atoms with Crippen molar-refractivity contribution in [3.63, 3.8) is 0 Å². The van der Waals surface area contributed by atoms with Crippen LogP contribution in [-0.2, 0) is 6.42 Å². The van der Waals surface area contributed by atoms with Gasteiger partial charge < -0.3 is 22.7 Å². The quantitative estimate of drug-likeness (QED) is 0.161. The third-order valence-corrected chi connectivity index (χ3v) is 11.1. The van der Waals surface area contributed by atoms with Crippen molar-refractivity contribution in [3.8, 4) is 0 Å². The third kappa shape index (κ3) is 8.52. The molecule has 0 unspecified atom stereocenters. The molecule has 1 nitrogen and oxygen atoms in total. The van der Waals surface area contributed by atoms with E-state index in [-0.39, 0.29) is 22.8 Å². The summed E-state index contributed by atoms with van der Waals surface area (Å²) in [6, 6.07) is 38.1. The van der Waals surface area contributed by atoms with E-state index in [1.165, 1.54) is 59.9 Å². The lowest BCUT2D eigenvalue weighted by Crippen LogP contribution is -3.00. The Kier molecular flexibility index (Phi) is 13.6. The van der Waals surface area contributed by atoms with Crippen molar-refractivity contribution >= 4 is 28.9 Å². The number of nitrogen functional groups attached to an aromatic ring is 1. The molecule has 196 valence electrons. The van der Waals surface area contributed by atoms with E-state index in [0.717, 1.165) is 18.4 Å². The highest BCUT2D eigenvalue weighted by atomic mass is 79.9. The van der Waals surface area contributed by atoms with Gasteiger partial charge in [-0.1, -0.05) is 87.7 Å². The van der Waals surface area contributed by atoms with Gasteiger partial charge in [-0.2, -0.15) is 0 Å². The van der Waals surface area contributed by atoms with Gasteiger partial charge in [0.15, 0.2) is 0 Å². The molecule has 0 amide bonds. The predicted molar refractivity (Wildman–Crippen MR) is 159 cm³/mol. The number of halogens is 2. The highest BCUT2D eigenvalue weighted by Gasteiger charge is 2.44. The molecule has 4 heteroatoms. The number of hydrogen-bond donors (Lipinski definition) is 1. The van der Waals surface area contributed by atoms with Gasteiger partial charge in [0.1, 0.15) is 29.0 Å². The summed E-state index contributed by atoms with van der Waals surface area (Å²) in [6.07, 6.45) is 8.33. The van der Waals surface area contributed by atoms with E-state index < -0.39 is 7.26 Å². The summed E-state index contributed by atoms with van der Waals surface area (Å²) in [5.41, 5.74) is 7.21. The van der Waals surface area contributed by atoms with Crippen molar-refractivity contribution in [1.82, 2.24) is 0 Å². The maximum Gasteiger partial charge on any atom is 0.123 e. The van der Waals surface area contributed by atoms with Crippen LogP contribution in [-0.4, -0.2) is 6.16 Å². The minimum absolute atomic E-state index is 0. The molecule has 4 aromatic carbocycles. The largest absolute Gasteiger partial charge is 1.00 e. The second-order valence-electron chi connectivity index (χ2n) is 9.19. The summed E-state index contributed by atoms with van der Waals surface area (Å²) in [4.78, 5) is 0. The Labute approximate surface area is 234 Å². The minimum atomic E-state index is -1.59. The number of hydrogen-bond acceptors (Lipinski definition) is 1. The first-order valence-electron chi connectivity index (χ1n) is 13.2. The van der Waals surface area contributed by atoms with E-state index >= 15 is 0 Å². The third-order valence-electron chi connectivity index (χ3n) is 6.56. The summed E-state index contributed by atoms with van der Waals surface area (Å²) in [5.74, 6) is -0.206. The van der Waals surface area contributed by atoms with Gasteiger partial charge in [0, 0.05) is 5.69 Å². The van der Waals surface area contributed by atoms with E-state index in [0.29, 0.717) is 5.69 Å². The SMILES string of the molecule is CCCCCC[P+](c1ccccc1)(c1ccccc1)c1ccccc1.CCCc1cc(F)ccc1N.[Br-]. The van der Waals surface area contributed by atoms with Crippen molar-refractivity contribution in [1.29, 1.82) is 0 Å². The second-order valence-corrected chi connectivity index (χ2v) is 12.8. The van der Waals surface area contributed by atoms with Crippen LogP contribution in [0.3, 0.4) is 0 Å². The van der Waals surface area contributed by atoms with Crippen LogP contribution in [0.1, 0.15) is 51.5 Å². The lowest BCUT2D eigenvalue weighted by Gasteiger charge is -2.27. The van der Waals surface area contributed by atoms with E-state index in [1.54, 1.807) is 6.07 Å². The molecule has 0 heterocycles. The van der Waals surface area contributed by atoms with E-state index in [2.05, 4.69) is 97.9 Å². The minimum Gasteiger partial charge on any atom is -1.00 e. The molecule has 37 heavy (non-hydrogen) atoms. The number of aryl methyl sites for hydroxylation is 1. The molecule has 0 saturated heterocycles. The maximum atomic E-state index is 12.6. The molecule has 0 aliphatic carbocycles. The van der Waals surface area contributed by atoms with Crippen molar-refractivity contribution in [2.24, 2.45) is 0 Å². The molecule has 2 N–H and O–H groups in total. The van der Waals surface area contributed by atoms with Gasteiger partial charge >= 0.3 is 0 Å². The van der Waals surface area contributed by atoms with Gasteiger partial charge in [-0.3, -0.25) is 0 Å². The first-order valence-corrected chi connectivity index (χ1v) is 15.2. The molecule has 0 aliphatic rings. The molecular weight excluding hydrogens is 540 g/mol. The summed E-state index contributed by atoms with van der Waals surface area (Å²) >= 11 is 0. The Bertz CT molecular complexity index is 1060. The molecule has 0 fully saturated rings. The lowest BCUT2D eigenvalue weighted by molar-refractivity contribution is -0.00000795. The molecule has 0 aliphatic heterocycles. The lowest BCUT2D eigenvalue weighted by atomic mass is 10.1. The predicted octanol–water partition coefficient (Wildman–Crippen LogP) is 4.93. The van der Waals surface area contributed by atoms with Gasteiger partial charge in [-0.25, -0.2) is 4.39 Å². The van der Waals surface area contributed by atoms with Crippen LogP contribution in [0.5, 0.6) is 0 Å². The van der Waals surface area contributed by atoms with Crippen LogP contribution in [0.4, 0.5) is 10.1 Å². The molecular formula is C33H40BrFNP. The zero-order chi connectivity index (χ0) is 25.6. The van der Waals surface area contributed by atoms with Gasteiger partial charge in [0.25, 0.3) is 0 Å². The fraction of sp³-hybridized carbons (Fsp3) is 0.273. The number of anilines is 1. The number of nitrogens with two attached hydrogens (primary N) is 1. The van der Waals surface area contributed by atoms with Crippen LogP contribution in [0.25, 0.3) is 0 Å². The fourth-order valence-corrected chi connectivity index (χ4v) is 9.13. The van der Waals surface area contributed by atoms with Gasteiger partial charge in [0.2, 0.25) is 0 Å². The Morgan fingerprint density at radius 3 is 1.54 bits per heavy atom. The maximum absolute atomic E-state index is 12.6. The first kappa shape index (κ1) is 30.7. The highest BCUT2D eigenvalue weighted by Crippen LogP contribution is 2.55. The van der Waals surface area contributed by atoms with Crippen molar-refractivity contribution in [2.45, 2.75) is 52.4 Å². The number of benzene rings is 4. The van der Waals surface area contributed by atoms with Crippen molar-refractivity contribution in [2.75, 3.05) is 11.9 Å². The fourth-order valence-electron chi connectivity index (χ4n) is 4.72. The molecule has 0 atom stereocenters. The summed E-state index contributed by atoms with van der Waals surface area (Å²) < 4.78 is 12.6. The van der Waals surface area contributed by atoms with Crippen molar-refractivity contribution in [3.05, 3.63) is 121 Å². The molecule has 0 saturated carbocycles. The summed E-state index contributed by atoms with van der Waals surface area (Å²) in [6.45, 7) is 4.33. The van der Waals surface area contributed by atoms with Crippen LogP contribution in [0.2, 0.25) is 0 Å². The number of unbranched alkanes of at least 4 members (excludes halogenated alkanes) is 3. The Hall–Kier alpha value is -2.48. The molecule has 4 rings (SSSR count). The second kappa shape index (κ2) is 16.4. The van der Waals surface area contributed by atoms with Crippen molar-refractivity contribution < 1.29 is 21.4 Å². The van der Waals surface area contributed by atoms with E-state index in [1.807, 2.05) is 6.92 Å². The zero-order valence-corrected chi connectivity index (χ0v) is 24.6. The molecule has 0 spiro atoms. The normalized spacial score (nSPS) is 10.7. The smallest absolute Gasteiger partial charge is 0.123 e. The summed E-state index contributed by atoms with van der Waals surface area (Å²) in [5, 5.41) is 4.51. The van der Waals surface area contributed by atoms with E-state index in [4.69, 9.17) is 5.73 Å². The monoisotopic (exact) mass is 579 g/mol. The van der Waals surface area contributed by atoms with Crippen LogP contribution in [0, 0.1) is 5.82 Å². The van der Waals surface area contributed by atoms with E-state index in [9.17, 15) is 4.39 Å². The molecule has 4 aromatic rings. The average molecular weight is 581 g/mol. The number of rotatable bonds is 10. The highest BCUT2D eigenvalue weighted by molar-refractivity contribution is 7.95. The summed E-state index contributed by atoms with van der Waals surface area (Å²) in [7, 11) is -1.59. The Balaban J connectivity index is 0.000000339. The first-order chi connectivity index (χ1) is 17.6. The molecule has 0 radical (unpaired) electrons. The molecule has 0 bridgehead atoms. The topological polar surface area (TPSA) is 26.0 Å². The van der Waals surface area contributed by atoms with Gasteiger partial charge in [-0.15, -0.1) is 0 Å². The molecule has 0 aromatic heterocycles. The standard InChI is InChI=1S/C24H28P.C9H12FN.BrH/c1-2-3-4-14-21-25(22-15-8-5-9-16-22,23-17-10-6-11-18-23)24-19-12-7-13-20-24;1-2-3-7-6-8(10)4-5-9(7)11;/h5-13,15-20H,2-4,14,21H2,1H3;4-6H,2-3,11H2,1H3;1H/q+1;;/p-1. The Morgan fingerprint density at radius 2 is 1.11 bits per heavy atom. The zero-order valence-electron chi connectivity index (χ0n) is 22.1. The van der Waals surface area contributed by atoms with Crippen LogP contribution < -0.4 is 38.6 Å². The van der Waals surface area contributed by atoms with Gasteiger partial charge in [0.05, 0.1) is 6.16 Å². The Morgan fingerprint density at radius 1 is 0.622 bits per heavy atom. The van der Waals surface area contributed by atoms with Crippen LogP contribution in [0.15, 0.2) is 109 Å². The van der Waals surface area contributed by atoms with Crippen LogP contribution >= 0.6 is 7.26 Å².